The highest BCUT2D eigenvalue weighted by molar-refractivity contribution is 5.73. The van der Waals surface area contributed by atoms with Crippen LogP contribution in [-0.4, -0.2) is 67.5 Å². The number of anilines is 1. The van der Waals surface area contributed by atoms with Crippen LogP contribution in [-0.2, 0) is 16.1 Å². The maximum Gasteiger partial charge on any atom is 0.401 e. The number of hydrogen-bond donors (Lipinski definition) is 0. The van der Waals surface area contributed by atoms with Crippen molar-refractivity contribution < 1.29 is 41.0 Å². The molecular weight excluding hydrogens is 609 g/mol. The average Bonchev–Trinajstić information content (AvgIpc) is 3.01. The third-order valence-electron chi connectivity index (χ3n) is 8.38. The van der Waals surface area contributed by atoms with Gasteiger partial charge in [-0.2, -0.15) is 13.2 Å². The van der Waals surface area contributed by atoms with Crippen LogP contribution in [0.15, 0.2) is 48.5 Å². The SMILES string of the molecule is CCOC(=O)C1CCN(c2cccc(-c3cc(F)cc(F)c3OCc3ccc(OC4CCN(CC(F)(F)F)CC4)cc3C)n2)CC1. The number of halogens is 5. The molecule has 0 bridgehead atoms. The van der Waals surface area contributed by atoms with Crippen LogP contribution in [0.2, 0.25) is 0 Å². The summed E-state index contributed by atoms with van der Waals surface area (Å²) in [6, 6.07) is 12.6. The van der Waals surface area contributed by atoms with Gasteiger partial charge in [0.25, 0.3) is 0 Å². The molecule has 2 fully saturated rings. The zero-order valence-electron chi connectivity index (χ0n) is 25.9. The van der Waals surface area contributed by atoms with Crippen LogP contribution in [0.25, 0.3) is 11.3 Å². The van der Waals surface area contributed by atoms with E-state index in [0.29, 0.717) is 75.7 Å². The van der Waals surface area contributed by atoms with Crippen molar-refractivity contribution in [2.75, 3.05) is 44.2 Å². The molecule has 248 valence electrons. The van der Waals surface area contributed by atoms with Crippen LogP contribution in [0, 0.1) is 24.5 Å². The molecule has 0 unspecified atom stereocenters. The van der Waals surface area contributed by atoms with E-state index in [9.17, 15) is 22.4 Å². The van der Waals surface area contributed by atoms with Crippen molar-refractivity contribution in [1.29, 1.82) is 0 Å². The smallest absolute Gasteiger partial charge is 0.401 e. The second kappa shape index (κ2) is 14.7. The maximum absolute atomic E-state index is 15.1. The molecule has 0 amide bonds. The lowest BCUT2D eigenvalue weighted by Gasteiger charge is -2.32. The number of ether oxygens (including phenoxy) is 3. The van der Waals surface area contributed by atoms with Crippen LogP contribution < -0.4 is 14.4 Å². The highest BCUT2D eigenvalue weighted by Gasteiger charge is 2.33. The largest absolute Gasteiger partial charge is 0.490 e. The second-order valence-electron chi connectivity index (χ2n) is 11.7. The van der Waals surface area contributed by atoms with Crippen LogP contribution in [0.5, 0.6) is 11.5 Å². The molecule has 2 saturated heterocycles. The van der Waals surface area contributed by atoms with Gasteiger partial charge in [-0.25, -0.2) is 13.8 Å². The molecule has 2 aliphatic heterocycles. The number of likely N-dealkylation sites (tertiary alicyclic amines) is 1. The summed E-state index contributed by atoms with van der Waals surface area (Å²) in [4.78, 5) is 20.3. The van der Waals surface area contributed by atoms with E-state index in [1.54, 1.807) is 31.2 Å². The number of aryl methyl sites for hydroxylation is 1. The van der Waals surface area contributed by atoms with Gasteiger partial charge in [-0.1, -0.05) is 12.1 Å². The molecule has 7 nitrogen and oxygen atoms in total. The number of aromatic nitrogens is 1. The van der Waals surface area contributed by atoms with Gasteiger partial charge in [0.15, 0.2) is 11.6 Å². The van der Waals surface area contributed by atoms with E-state index in [4.69, 9.17) is 19.2 Å². The summed E-state index contributed by atoms with van der Waals surface area (Å²) in [5.74, 6) is -0.870. The molecule has 5 rings (SSSR count). The van der Waals surface area contributed by atoms with E-state index in [1.165, 1.54) is 11.0 Å². The number of benzene rings is 2. The number of hydrogen-bond acceptors (Lipinski definition) is 7. The molecule has 0 atom stereocenters. The molecule has 46 heavy (non-hydrogen) atoms. The number of carbonyl (C=O) groups excluding carboxylic acids is 1. The molecular formula is C34H38F5N3O4. The van der Waals surface area contributed by atoms with Gasteiger partial charge in [-0.05, 0) is 81.0 Å². The molecule has 3 aromatic rings. The summed E-state index contributed by atoms with van der Waals surface area (Å²) in [6.45, 7) is 4.88. The Morgan fingerprint density at radius 2 is 1.72 bits per heavy atom. The fraction of sp³-hybridized carbons (Fsp3) is 0.471. The Morgan fingerprint density at radius 1 is 0.978 bits per heavy atom. The van der Waals surface area contributed by atoms with Crippen molar-refractivity contribution in [3.8, 4) is 22.8 Å². The molecule has 12 heteroatoms. The Balaban J connectivity index is 1.24. The van der Waals surface area contributed by atoms with E-state index in [-0.39, 0.29) is 35.9 Å². The summed E-state index contributed by atoms with van der Waals surface area (Å²) < 4.78 is 84.8. The minimum Gasteiger partial charge on any atom is -0.490 e. The highest BCUT2D eigenvalue weighted by atomic mass is 19.4. The first-order valence-electron chi connectivity index (χ1n) is 15.5. The number of rotatable bonds is 10. The molecule has 0 N–H and O–H groups in total. The Kier molecular flexibility index (Phi) is 10.7. The molecule has 0 spiro atoms. The Morgan fingerprint density at radius 3 is 2.39 bits per heavy atom. The monoisotopic (exact) mass is 647 g/mol. The fourth-order valence-electron chi connectivity index (χ4n) is 5.94. The highest BCUT2D eigenvalue weighted by Crippen LogP contribution is 2.35. The first kappa shape index (κ1) is 33.4. The van der Waals surface area contributed by atoms with Crippen LogP contribution in [0.4, 0.5) is 27.8 Å². The number of nitrogens with zero attached hydrogens (tertiary/aromatic N) is 3. The molecule has 1 aromatic heterocycles. The normalized spacial score (nSPS) is 16.8. The summed E-state index contributed by atoms with van der Waals surface area (Å²) >= 11 is 0. The van der Waals surface area contributed by atoms with Crippen molar-refractivity contribution in [1.82, 2.24) is 9.88 Å². The maximum atomic E-state index is 15.1. The predicted molar refractivity (Wildman–Crippen MR) is 163 cm³/mol. The van der Waals surface area contributed by atoms with Crippen molar-refractivity contribution in [3.63, 3.8) is 0 Å². The van der Waals surface area contributed by atoms with Gasteiger partial charge in [0.2, 0.25) is 0 Å². The van der Waals surface area contributed by atoms with Gasteiger partial charge in [0.05, 0.1) is 24.8 Å². The third kappa shape index (κ3) is 8.65. The average molecular weight is 648 g/mol. The number of alkyl halides is 3. The number of esters is 1. The zero-order chi connectivity index (χ0) is 32.8. The van der Waals surface area contributed by atoms with Gasteiger partial charge in [-0.3, -0.25) is 9.69 Å². The van der Waals surface area contributed by atoms with Crippen LogP contribution >= 0.6 is 0 Å². The van der Waals surface area contributed by atoms with Crippen LogP contribution in [0.1, 0.15) is 43.7 Å². The van der Waals surface area contributed by atoms with Crippen molar-refractivity contribution in [2.45, 2.75) is 58.4 Å². The molecule has 0 saturated carbocycles. The van der Waals surface area contributed by atoms with Gasteiger partial charge in [0.1, 0.15) is 30.1 Å². The van der Waals surface area contributed by atoms with E-state index < -0.39 is 24.4 Å². The first-order valence-corrected chi connectivity index (χ1v) is 15.5. The number of carbonyl (C=O) groups is 1. The Hall–Kier alpha value is -3.93. The van der Waals surface area contributed by atoms with E-state index >= 15 is 4.39 Å². The van der Waals surface area contributed by atoms with E-state index in [0.717, 1.165) is 17.2 Å². The Bertz CT molecular complexity index is 1500. The standard InChI is InChI=1S/C34H38F5N3O4/c1-3-44-33(43)23-9-15-42(16-10-23)31-6-4-5-30(40-31)28-18-25(35)19-29(36)32(28)45-20-24-7-8-27(17-22(24)2)46-26-11-13-41(14-12-26)21-34(37,38)39/h4-8,17-19,23,26H,3,9-16,20-21H2,1-2H3. The fourth-order valence-corrected chi connectivity index (χ4v) is 5.94. The molecule has 0 radical (unpaired) electrons. The summed E-state index contributed by atoms with van der Waals surface area (Å²) in [6.07, 6.45) is -2.17. The minimum absolute atomic E-state index is 0.00143. The summed E-state index contributed by atoms with van der Waals surface area (Å²) in [5.41, 5.74) is 2.10. The minimum atomic E-state index is -4.22. The molecule has 3 heterocycles. The second-order valence-corrected chi connectivity index (χ2v) is 11.7. The predicted octanol–water partition coefficient (Wildman–Crippen LogP) is 7.10. The van der Waals surface area contributed by atoms with Crippen molar-refractivity contribution in [2.24, 2.45) is 5.92 Å². The van der Waals surface area contributed by atoms with Crippen molar-refractivity contribution in [3.05, 3.63) is 71.3 Å². The topological polar surface area (TPSA) is 64.1 Å². The first-order chi connectivity index (χ1) is 22.0. The lowest BCUT2D eigenvalue weighted by molar-refractivity contribution is -0.150. The molecule has 0 aliphatic carbocycles. The van der Waals surface area contributed by atoms with Gasteiger partial charge < -0.3 is 19.1 Å². The summed E-state index contributed by atoms with van der Waals surface area (Å²) in [5, 5.41) is 0. The van der Waals surface area contributed by atoms with Crippen LogP contribution in [0.3, 0.4) is 0 Å². The van der Waals surface area contributed by atoms with E-state index in [2.05, 4.69) is 0 Å². The molecule has 2 aromatic carbocycles. The lowest BCUT2D eigenvalue weighted by atomic mass is 9.97. The summed E-state index contributed by atoms with van der Waals surface area (Å²) in [7, 11) is 0. The van der Waals surface area contributed by atoms with Gasteiger partial charge in [0, 0.05) is 37.8 Å². The zero-order valence-corrected chi connectivity index (χ0v) is 25.9. The van der Waals surface area contributed by atoms with Gasteiger partial charge in [-0.15, -0.1) is 0 Å². The van der Waals surface area contributed by atoms with Gasteiger partial charge >= 0.3 is 12.1 Å². The van der Waals surface area contributed by atoms with E-state index in [1.807, 2.05) is 24.0 Å². The number of piperidine rings is 2. The Labute approximate surface area is 265 Å². The number of pyridine rings is 1. The quantitative estimate of drug-likeness (QED) is 0.172. The lowest BCUT2D eigenvalue weighted by Crippen LogP contribution is -2.42. The molecule has 2 aliphatic rings. The van der Waals surface area contributed by atoms with Crippen molar-refractivity contribution >= 4 is 11.8 Å². The third-order valence-corrected chi connectivity index (χ3v) is 8.38.